The van der Waals surface area contributed by atoms with Gasteiger partial charge >= 0.3 is 0 Å². The minimum Gasteiger partial charge on any atom is -0.354 e. The molecule has 0 spiro atoms. The molecule has 1 fully saturated rings. The van der Waals surface area contributed by atoms with Gasteiger partial charge in [-0.05, 0) is 44.1 Å². The lowest BCUT2D eigenvalue weighted by Gasteiger charge is -2.39. The summed E-state index contributed by atoms with van der Waals surface area (Å²) >= 11 is 0. The van der Waals surface area contributed by atoms with Crippen LogP contribution in [-0.2, 0) is 0 Å². The normalized spacial score (nSPS) is 21.0. The second-order valence-electron chi connectivity index (χ2n) is 7.75. The Morgan fingerprint density at radius 2 is 2.21 bits per heavy atom. The molecule has 1 aromatic carbocycles. The van der Waals surface area contributed by atoms with E-state index in [1.807, 2.05) is 45.9 Å². The number of likely N-dealkylation sites (tertiary alicyclic amines) is 1. The summed E-state index contributed by atoms with van der Waals surface area (Å²) in [6, 6.07) is 7.25. The largest absolute Gasteiger partial charge is 0.354 e. The van der Waals surface area contributed by atoms with E-state index in [0.29, 0.717) is 18.5 Å². The number of aliphatic imine (C=N–C) groups is 1. The summed E-state index contributed by atoms with van der Waals surface area (Å²) in [7, 11) is 5.84. The zero-order chi connectivity index (χ0) is 20.1. The topological polar surface area (TPSA) is 48.7 Å². The van der Waals surface area contributed by atoms with Crippen LogP contribution >= 0.6 is 24.0 Å². The third kappa shape index (κ3) is 5.91. The zero-order valence-corrected chi connectivity index (χ0v) is 20.0. The van der Waals surface area contributed by atoms with Crippen LogP contribution in [0.5, 0.6) is 0 Å². The summed E-state index contributed by atoms with van der Waals surface area (Å²) in [5.74, 6) is 1.27. The maximum absolute atomic E-state index is 13.7. The number of hydrogen-bond donors (Lipinski definition) is 1. The molecule has 2 aromatic rings. The molecule has 29 heavy (non-hydrogen) atoms. The molecule has 0 radical (unpaired) electrons. The van der Waals surface area contributed by atoms with Gasteiger partial charge in [-0.2, -0.15) is 0 Å². The lowest BCUT2D eigenvalue weighted by molar-refractivity contribution is 0.187. The van der Waals surface area contributed by atoms with Gasteiger partial charge in [-0.15, -0.1) is 24.0 Å². The maximum Gasteiger partial charge on any atom is 0.193 e. The number of aromatic nitrogens is 2. The first kappa shape index (κ1) is 23.6. The van der Waals surface area contributed by atoms with Crippen LogP contribution in [0.1, 0.15) is 31.0 Å². The number of benzene rings is 1. The Labute approximate surface area is 190 Å². The van der Waals surface area contributed by atoms with Crippen LogP contribution in [0.3, 0.4) is 0 Å². The molecule has 3 unspecified atom stereocenters. The van der Waals surface area contributed by atoms with Crippen molar-refractivity contribution in [1.82, 2.24) is 24.7 Å². The number of nitrogens with zero attached hydrogens (tertiary/aromatic N) is 5. The molecule has 1 aliphatic rings. The van der Waals surface area contributed by atoms with Crippen LogP contribution < -0.4 is 5.32 Å². The maximum atomic E-state index is 13.7. The van der Waals surface area contributed by atoms with Crippen LogP contribution in [0.2, 0.25) is 0 Å². The molecule has 1 aromatic heterocycles. The number of nitrogens with one attached hydrogen (secondary N) is 1. The van der Waals surface area contributed by atoms with Crippen molar-refractivity contribution >= 4 is 29.9 Å². The predicted molar refractivity (Wildman–Crippen MR) is 126 cm³/mol. The smallest absolute Gasteiger partial charge is 0.193 e. The number of piperidine rings is 1. The summed E-state index contributed by atoms with van der Waals surface area (Å²) in [6.07, 6.45) is 6.86. The van der Waals surface area contributed by atoms with Crippen molar-refractivity contribution in [3.05, 3.63) is 54.4 Å². The van der Waals surface area contributed by atoms with E-state index in [-0.39, 0.29) is 35.8 Å². The standard InChI is InChI=1S/C21H31FN6.HI/c1-16-8-10-27(14-20(16)28-11-9-24-15-28)21(23-2)25-13-19(26(3)4)17-6-5-7-18(22)12-17;/h5-7,9,11-12,15-16,19-20H,8,10,13-14H2,1-4H3,(H,23,25);1H. The van der Waals surface area contributed by atoms with E-state index in [1.54, 1.807) is 12.1 Å². The van der Waals surface area contributed by atoms with Crippen molar-refractivity contribution in [2.24, 2.45) is 10.9 Å². The third-order valence-electron chi connectivity index (χ3n) is 5.65. The van der Waals surface area contributed by atoms with E-state index in [4.69, 9.17) is 0 Å². The monoisotopic (exact) mass is 514 g/mol. The molecule has 3 rings (SSSR count). The Kier molecular flexibility index (Phi) is 8.88. The number of hydrogen-bond acceptors (Lipinski definition) is 3. The first-order valence-electron chi connectivity index (χ1n) is 9.84. The molecule has 8 heteroatoms. The van der Waals surface area contributed by atoms with E-state index in [1.165, 1.54) is 6.07 Å². The SMILES string of the molecule is CN=C(NCC(c1cccc(F)c1)N(C)C)N1CCC(C)C(n2ccnc2)C1.I. The third-order valence-corrected chi connectivity index (χ3v) is 5.65. The van der Waals surface area contributed by atoms with E-state index in [9.17, 15) is 4.39 Å². The Balaban J connectivity index is 0.00000300. The Hall–Kier alpha value is -1.68. The minimum atomic E-state index is -0.207. The molecule has 1 saturated heterocycles. The van der Waals surface area contributed by atoms with Gasteiger partial charge in [0.2, 0.25) is 0 Å². The number of likely N-dealkylation sites (N-methyl/N-ethyl adjacent to an activating group) is 1. The highest BCUT2D eigenvalue weighted by molar-refractivity contribution is 14.0. The molecule has 1 N–H and O–H groups in total. The van der Waals surface area contributed by atoms with E-state index >= 15 is 0 Å². The Morgan fingerprint density at radius 3 is 2.83 bits per heavy atom. The lowest BCUT2D eigenvalue weighted by Crippen LogP contribution is -2.50. The fraction of sp³-hybridized carbons (Fsp3) is 0.524. The van der Waals surface area contributed by atoms with Crippen LogP contribution in [0.25, 0.3) is 0 Å². The first-order valence-corrected chi connectivity index (χ1v) is 9.84. The Bertz CT molecular complexity index is 779. The van der Waals surface area contributed by atoms with Gasteiger partial charge in [-0.1, -0.05) is 19.1 Å². The van der Waals surface area contributed by atoms with Crippen LogP contribution in [0.15, 0.2) is 48.0 Å². The van der Waals surface area contributed by atoms with Gasteiger partial charge in [0.25, 0.3) is 0 Å². The zero-order valence-electron chi connectivity index (χ0n) is 17.6. The lowest BCUT2D eigenvalue weighted by atomic mass is 9.93. The number of rotatable bonds is 5. The summed E-state index contributed by atoms with van der Waals surface area (Å²) in [4.78, 5) is 13.1. The summed E-state index contributed by atoms with van der Waals surface area (Å²) in [5, 5.41) is 3.51. The molecule has 0 aliphatic carbocycles. The average molecular weight is 514 g/mol. The van der Waals surface area contributed by atoms with Gasteiger partial charge in [0.15, 0.2) is 5.96 Å². The van der Waals surface area contributed by atoms with Crippen molar-refractivity contribution in [2.75, 3.05) is 40.8 Å². The highest BCUT2D eigenvalue weighted by Crippen LogP contribution is 2.27. The van der Waals surface area contributed by atoms with Crippen molar-refractivity contribution in [2.45, 2.75) is 25.4 Å². The van der Waals surface area contributed by atoms with Gasteiger partial charge in [0.05, 0.1) is 18.4 Å². The first-order chi connectivity index (χ1) is 13.5. The van der Waals surface area contributed by atoms with Crippen LogP contribution in [0.4, 0.5) is 4.39 Å². The molecule has 0 amide bonds. The van der Waals surface area contributed by atoms with Crippen molar-refractivity contribution in [3.63, 3.8) is 0 Å². The van der Waals surface area contributed by atoms with E-state index in [0.717, 1.165) is 31.0 Å². The average Bonchev–Trinajstić information content (AvgIpc) is 3.20. The number of halogens is 2. The van der Waals surface area contributed by atoms with Gasteiger partial charge in [0, 0.05) is 39.1 Å². The molecule has 6 nitrogen and oxygen atoms in total. The van der Waals surface area contributed by atoms with Gasteiger partial charge in [-0.25, -0.2) is 9.37 Å². The van der Waals surface area contributed by atoms with E-state index in [2.05, 4.69) is 36.6 Å². The van der Waals surface area contributed by atoms with Crippen LogP contribution in [-0.4, -0.2) is 66.1 Å². The molecular weight excluding hydrogens is 482 g/mol. The highest BCUT2D eigenvalue weighted by Gasteiger charge is 2.29. The van der Waals surface area contributed by atoms with Crippen LogP contribution in [0, 0.1) is 11.7 Å². The van der Waals surface area contributed by atoms with Gasteiger partial charge in [-0.3, -0.25) is 4.99 Å². The predicted octanol–water partition coefficient (Wildman–Crippen LogP) is 3.40. The fourth-order valence-electron chi connectivity index (χ4n) is 3.93. The Morgan fingerprint density at radius 1 is 1.41 bits per heavy atom. The molecule has 3 atom stereocenters. The van der Waals surface area contributed by atoms with Crippen molar-refractivity contribution in [3.8, 4) is 0 Å². The number of imidazole rings is 1. The molecule has 160 valence electrons. The fourth-order valence-corrected chi connectivity index (χ4v) is 3.93. The molecule has 0 bridgehead atoms. The summed E-state index contributed by atoms with van der Waals surface area (Å²) < 4.78 is 15.9. The molecule has 1 aliphatic heterocycles. The minimum absolute atomic E-state index is 0. The summed E-state index contributed by atoms with van der Waals surface area (Å²) in [5.41, 5.74) is 0.955. The van der Waals surface area contributed by atoms with Gasteiger partial charge < -0.3 is 19.7 Å². The van der Waals surface area contributed by atoms with Crippen molar-refractivity contribution < 1.29 is 4.39 Å². The van der Waals surface area contributed by atoms with E-state index < -0.39 is 0 Å². The highest BCUT2D eigenvalue weighted by atomic mass is 127. The second-order valence-corrected chi connectivity index (χ2v) is 7.75. The van der Waals surface area contributed by atoms with Crippen molar-refractivity contribution in [1.29, 1.82) is 0 Å². The number of guanidine groups is 1. The summed E-state index contributed by atoms with van der Waals surface area (Å²) in [6.45, 7) is 4.82. The quantitative estimate of drug-likeness (QED) is 0.378. The molecule has 2 heterocycles. The van der Waals surface area contributed by atoms with Gasteiger partial charge in [0.1, 0.15) is 5.82 Å². The molecule has 0 saturated carbocycles. The molecular formula is C21H32FIN6. The second kappa shape index (κ2) is 10.9.